The lowest BCUT2D eigenvalue weighted by molar-refractivity contribution is 0.191. The Morgan fingerprint density at radius 3 is 2.50 bits per heavy atom. The summed E-state index contributed by atoms with van der Waals surface area (Å²) in [4.78, 5) is 19.9. The molecular formula is C31H43N3O4. The van der Waals surface area contributed by atoms with Crippen molar-refractivity contribution in [2.45, 2.75) is 52.0 Å². The van der Waals surface area contributed by atoms with Crippen molar-refractivity contribution in [2.24, 2.45) is 11.8 Å². The molecule has 2 aliphatic heterocycles. The molecule has 3 aliphatic rings. The largest absolute Gasteiger partial charge is 0.496 e. The van der Waals surface area contributed by atoms with Crippen molar-refractivity contribution in [3.8, 4) is 17.2 Å². The van der Waals surface area contributed by atoms with E-state index in [1.807, 2.05) is 28.0 Å². The van der Waals surface area contributed by atoms with E-state index in [1.165, 1.54) is 25.1 Å². The number of ether oxygens (including phenoxy) is 3. The fourth-order valence-corrected chi connectivity index (χ4v) is 5.89. The van der Waals surface area contributed by atoms with E-state index in [-0.39, 0.29) is 6.03 Å². The highest BCUT2D eigenvalue weighted by Crippen LogP contribution is 2.44. The van der Waals surface area contributed by atoms with Crippen LogP contribution in [-0.4, -0.2) is 69.4 Å². The molecule has 3 fully saturated rings. The minimum Gasteiger partial charge on any atom is -0.496 e. The zero-order valence-electron chi connectivity index (χ0n) is 23.3. The summed E-state index contributed by atoms with van der Waals surface area (Å²) in [7, 11) is 3.37. The van der Waals surface area contributed by atoms with Crippen molar-refractivity contribution in [2.75, 3.05) is 58.5 Å². The third kappa shape index (κ3) is 6.20. The summed E-state index contributed by atoms with van der Waals surface area (Å²) in [5.41, 5.74) is 3.18. The molecule has 1 saturated carbocycles. The summed E-state index contributed by atoms with van der Waals surface area (Å²) >= 11 is 0. The number of carbonyl (C=O) groups is 1. The molecule has 2 aromatic carbocycles. The van der Waals surface area contributed by atoms with Gasteiger partial charge in [0.1, 0.15) is 5.75 Å². The minimum absolute atomic E-state index is 0.0112. The smallest absolute Gasteiger partial charge is 0.324 e. The van der Waals surface area contributed by atoms with Crippen LogP contribution in [0.2, 0.25) is 0 Å². The second-order valence-corrected chi connectivity index (χ2v) is 11.0. The van der Waals surface area contributed by atoms with Gasteiger partial charge in [-0.2, -0.15) is 0 Å². The highest BCUT2D eigenvalue weighted by molar-refractivity contribution is 5.93. The van der Waals surface area contributed by atoms with E-state index < -0.39 is 0 Å². The molecule has 2 heterocycles. The van der Waals surface area contributed by atoms with Crippen LogP contribution in [0.1, 0.15) is 50.2 Å². The second kappa shape index (κ2) is 12.3. The summed E-state index contributed by atoms with van der Waals surface area (Å²) in [6.45, 7) is 8.42. The molecular weight excluding hydrogens is 478 g/mol. The molecule has 2 atom stereocenters. The first-order valence-corrected chi connectivity index (χ1v) is 14.3. The number of likely N-dealkylation sites (tertiary alicyclic amines) is 1. The van der Waals surface area contributed by atoms with Crippen LogP contribution in [0.15, 0.2) is 36.4 Å². The fraction of sp³-hybridized carbons (Fsp3) is 0.581. The summed E-state index contributed by atoms with van der Waals surface area (Å²) in [6.07, 6.45) is 6.66. The van der Waals surface area contributed by atoms with Gasteiger partial charge in [-0.15, -0.1) is 0 Å². The Morgan fingerprint density at radius 2 is 1.74 bits per heavy atom. The highest BCUT2D eigenvalue weighted by Gasteiger charge is 2.44. The molecule has 7 heteroatoms. The first kappa shape index (κ1) is 26.7. The Balaban J connectivity index is 1.22. The molecule has 5 rings (SSSR count). The molecule has 2 amide bonds. The monoisotopic (exact) mass is 521 g/mol. The van der Waals surface area contributed by atoms with Gasteiger partial charge in [0.25, 0.3) is 0 Å². The molecule has 2 aromatic rings. The van der Waals surface area contributed by atoms with Crippen molar-refractivity contribution < 1.29 is 19.0 Å². The summed E-state index contributed by atoms with van der Waals surface area (Å²) < 4.78 is 17.3. The van der Waals surface area contributed by atoms with Crippen LogP contribution >= 0.6 is 0 Å². The van der Waals surface area contributed by atoms with Crippen molar-refractivity contribution >= 4 is 11.7 Å². The van der Waals surface area contributed by atoms with Crippen LogP contribution in [0, 0.1) is 11.8 Å². The van der Waals surface area contributed by atoms with Crippen molar-refractivity contribution in [3.05, 3.63) is 47.5 Å². The Kier molecular flexibility index (Phi) is 8.62. The number of nitrogens with zero attached hydrogens (tertiary/aromatic N) is 3. The van der Waals surface area contributed by atoms with Crippen LogP contribution in [0.4, 0.5) is 10.5 Å². The number of hydrogen-bond acceptors (Lipinski definition) is 5. The number of anilines is 1. The summed E-state index contributed by atoms with van der Waals surface area (Å²) in [5.74, 6) is 4.18. The Bertz CT molecular complexity index is 1100. The molecule has 0 radical (unpaired) electrons. The molecule has 0 spiro atoms. The molecule has 38 heavy (non-hydrogen) atoms. The molecule has 2 saturated heterocycles. The number of urea groups is 1. The molecule has 0 bridgehead atoms. The van der Waals surface area contributed by atoms with Gasteiger partial charge in [-0.1, -0.05) is 31.9 Å². The fourth-order valence-electron chi connectivity index (χ4n) is 5.89. The predicted octanol–water partition coefficient (Wildman–Crippen LogP) is 5.60. The van der Waals surface area contributed by atoms with E-state index in [9.17, 15) is 4.79 Å². The van der Waals surface area contributed by atoms with Gasteiger partial charge in [0.05, 0.1) is 27.4 Å². The maximum atomic E-state index is 13.6. The van der Waals surface area contributed by atoms with Crippen molar-refractivity contribution in [3.63, 3.8) is 0 Å². The number of methoxy groups -OCH3 is 2. The highest BCUT2D eigenvalue weighted by atomic mass is 16.5. The van der Waals surface area contributed by atoms with Gasteiger partial charge in [0.15, 0.2) is 11.5 Å². The number of fused-ring (bicyclic) bond motifs is 1. The lowest BCUT2D eigenvalue weighted by atomic mass is 10.1. The number of rotatable bonds is 13. The van der Waals surface area contributed by atoms with Gasteiger partial charge in [0.2, 0.25) is 0 Å². The lowest BCUT2D eigenvalue weighted by Gasteiger charge is -2.36. The third-order valence-electron chi connectivity index (χ3n) is 8.26. The Labute approximate surface area is 227 Å². The van der Waals surface area contributed by atoms with E-state index in [4.69, 9.17) is 14.2 Å². The molecule has 0 unspecified atom stereocenters. The van der Waals surface area contributed by atoms with Gasteiger partial charge in [-0.3, -0.25) is 4.90 Å². The Hall–Kier alpha value is -2.93. The van der Waals surface area contributed by atoms with Gasteiger partial charge in [0, 0.05) is 50.0 Å². The van der Waals surface area contributed by atoms with Crippen LogP contribution in [-0.2, 0) is 13.0 Å². The van der Waals surface area contributed by atoms with E-state index in [1.54, 1.807) is 14.2 Å². The van der Waals surface area contributed by atoms with Crippen LogP contribution < -0.4 is 19.1 Å². The predicted molar refractivity (Wildman–Crippen MR) is 151 cm³/mol. The number of benzene rings is 2. The third-order valence-corrected chi connectivity index (χ3v) is 8.26. The zero-order chi connectivity index (χ0) is 26.5. The lowest BCUT2D eigenvalue weighted by Crippen LogP contribution is -2.49. The van der Waals surface area contributed by atoms with Gasteiger partial charge in [-0.05, 0) is 61.3 Å². The van der Waals surface area contributed by atoms with E-state index in [2.05, 4.69) is 30.0 Å². The van der Waals surface area contributed by atoms with Crippen molar-refractivity contribution in [1.29, 1.82) is 0 Å². The normalized spacial score (nSPS) is 21.0. The molecule has 1 aliphatic carbocycles. The Morgan fingerprint density at radius 1 is 0.921 bits per heavy atom. The van der Waals surface area contributed by atoms with Crippen LogP contribution in [0.25, 0.3) is 0 Å². The van der Waals surface area contributed by atoms with E-state index in [0.29, 0.717) is 31.2 Å². The van der Waals surface area contributed by atoms with Gasteiger partial charge in [-0.25, -0.2) is 4.79 Å². The summed E-state index contributed by atoms with van der Waals surface area (Å²) in [5, 5.41) is 0. The summed E-state index contributed by atoms with van der Waals surface area (Å²) in [6, 6.07) is 12.3. The molecule has 206 valence electrons. The molecule has 0 N–H and O–H groups in total. The van der Waals surface area contributed by atoms with E-state index in [0.717, 1.165) is 74.0 Å². The standard InChI is InChI=1S/C31H43N3O4/c1-4-5-6-16-38-30-19-27(10-11-28(30)36-2)34-14-7-13-33(31(34)35)22-24-9-8-23(17-29(24)37-3)12-15-32-20-25-18-26(25)21-32/h8-11,17,19,25-26H,4-7,12-16,18,20-22H2,1-3H3/t25-,26+. The number of carbonyl (C=O) groups excluding carboxylic acids is 1. The number of unbranched alkanes of at least 4 members (excludes halogenated alkanes) is 2. The molecule has 7 nitrogen and oxygen atoms in total. The second-order valence-electron chi connectivity index (χ2n) is 11.0. The first-order chi connectivity index (χ1) is 18.6. The average molecular weight is 522 g/mol. The van der Waals surface area contributed by atoms with Gasteiger partial charge >= 0.3 is 6.03 Å². The van der Waals surface area contributed by atoms with Crippen molar-refractivity contribution in [1.82, 2.24) is 9.80 Å². The SMILES string of the molecule is CCCCCOc1cc(N2CCCN(Cc3ccc(CCN4C[C@H]5C[C@H]5C4)cc3OC)C2=O)ccc1OC. The number of amides is 2. The minimum atomic E-state index is 0.0112. The van der Waals surface area contributed by atoms with Gasteiger partial charge < -0.3 is 24.0 Å². The maximum absolute atomic E-state index is 13.6. The zero-order valence-corrected chi connectivity index (χ0v) is 23.3. The molecule has 0 aromatic heterocycles. The average Bonchev–Trinajstić information content (AvgIpc) is 3.56. The number of hydrogen-bond donors (Lipinski definition) is 0. The quantitative estimate of drug-likeness (QED) is 0.321. The van der Waals surface area contributed by atoms with E-state index >= 15 is 0 Å². The van der Waals surface area contributed by atoms with Crippen LogP contribution in [0.5, 0.6) is 17.2 Å². The number of piperidine rings is 1. The van der Waals surface area contributed by atoms with Crippen LogP contribution in [0.3, 0.4) is 0 Å². The topological polar surface area (TPSA) is 54.5 Å². The maximum Gasteiger partial charge on any atom is 0.324 e. The first-order valence-electron chi connectivity index (χ1n) is 14.3.